The molecular formula is C15H14N2O5S. The third kappa shape index (κ3) is 2.40. The summed E-state index contributed by atoms with van der Waals surface area (Å²) in [6.07, 6.45) is 1.32. The Morgan fingerprint density at radius 3 is 2.87 bits per heavy atom. The standard InChI is InChI=1S/C15H14N2O5S/c1-15(10-4-3-7-23-10)13(19)17(14(20)16-15)8-9-5-6-22-11(9)12(18)21-2/h3-7H,8H2,1-2H3,(H,16,20). The molecule has 0 aliphatic carbocycles. The molecule has 7 nitrogen and oxygen atoms in total. The number of methoxy groups -OCH3 is 1. The minimum absolute atomic E-state index is 0.0159. The van der Waals surface area contributed by atoms with Crippen molar-refractivity contribution in [2.24, 2.45) is 0 Å². The van der Waals surface area contributed by atoms with Gasteiger partial charge in [-0.25, -0.2) is 9.59 Å². The number of thiophene rings is 1. The molecule has 3 amide bonds. The van der Waals surface area contributed by atoms with E-state index >= 15 is 0 Å². The molecule has 120 valence electrons. The van der Waals surface area contributed by atoms with Crippen LogP contribution in [0.5, 0.6) is 0 Å². The van der Waals surface area contributed by atoms with Crippen LogP contribution in [-0.2, 0) is 21.6 Å². The molecule has 2 aromatic rings. The zero-order valence-corrected chi connectivity index (χ0v) is 13.3. The van der Waals surface area contributed by atoms with Crippen LogP contribution in [-0.4, -0.2) is 29.9 Å². The highest BCUT2D eigenvalue weighted by Crippen LogP contribution is 2.32. The van der Waals surface area contributed by atoms with Crippen LogP contribution in [0.4, 0.5) is 4.79 Å². The average molecular weight is 334 g/mol. The first-order chi connectivity index (χ1) is 11.0. The molecule has 1 unspecified atom stereocenters. The molecule has 2 aromatic heterocycles. The number of ether oxygens (including phenoxy) is 1. The van der Waals surface area contributed by atoms with Crippen LogP contribution < -0.4 is 5.32 Å². The van der Waals surface area contributed by atoms with E-state index in [1.54, 1.807) is 13.0 Å². The summed E-state index contributed by atoms with van der Waals surface area (Å²) in [5.41, 5.74) is -0.684. The summed E-state index contributed by atoms with van der Waals surface area (Å²) in [6, 6.07) is 4.64. The van der Waals surface area contributed by atoms with Crippen LogP contribution >= 0.6 is 11.3 Å². The largest absolute Gasteiger partial charge is 0.463 e. The topological polar surface area (TPSA) is 88.8 Å². The quantitative estimate of drug-likeness (QED) is 0.683. The third-order valence-electron chi connectivity index (χ3n) is 3.73. The fourth-order valence-corrected chi connectivity index (χ4v) is 3.31. The fourth-order valence-electron chi connectivity index (χ4n) is 2.47. The maximum atomic E-state index is 12.7. The Hall–Kier alpha value is -2.61. The number of esters is 1. The first-order valence-electron chi connectivity index (χ1n) is 6.80. The summed E-state index contributed by atoms with van der Waals surface area (Å²) in [7, 11) is 1.23. The van der Waals surface area contributed by atoms with Crippen molar-refractivity contribution in [3.05, 3.63) is 46.0 Å². The van der Waals surface area contributed by atoms with Crippen molar-refractivity contribution >= 4 is 29.2 Å². The highest BCUT2D eigenvalue weighted by molar-refractivity contribution is 7.10. The van der Waals surface area contributed by atoms with Gasteiger partial charge in [0.2, 0.25) is 5.76 Å². The monoisotopic (exact) mass is 334 g/mol. The molecule has 1 aliphatic rings. The number of nitrogens with zero attached hydrogens (tertiary/aromatic N) is 1. The van der Waals surface area contributed by atoms with Gasteiger partial charge in [-0.05, 0) is 24.4 Å². The van der Waals surface area contributed by atoms with Gasteiger partial charge < -0.3 is 14.5 Å². The number of hydrogen-bond acceptors (Lipinski definition) is 6. The summed E-state index contributed by atoms with van der Waals surface area (Å²) in [4.78, 5) is 38.4. The molecule has 3 heterocycles. The lowest BCUT2D eigenvalue weighted by molar-refractivity contribution is -0.131. The van der Waals surface area contributed by atoms with E-state index in [0.29, 0.717) is 5.56 Å². The highest BCUT2D eigenvalue weighted by Gasteiger charge is 2.49. The molecule has 1 atom stereocenters. The van der Waals surface area contributed by atoms with Crippen LogP contribution in [0.1, 0.15) is 27.9 Å². The molecule has 1 N–H and O–H groups in total. The minimum Gasteiger partial charge on any atom is -0.463 e. The van der Waals surface area contributed by atoms with Gasteiger partial charge in [0.05, 0.1) is 19.9 Å². The molecule has 0 aromatic carbocycles. The lowest BCUT2D eigenvalue weighted by Gasteiger charge is -2.20. The zero-order valence-electron chi connectivity index (χ0n) is 12.5. The molecule has 0 saturated carbocycles. The molecule has 0 spiro atoms. The van der Waals surface area contributed by atoms with Gasteiger partial charge in [0.15, 0.2) is 5.54 Å². The number of carbonyl (C=O) groups excluding carboxylic acids is 3. The van der Waals surface area contributed by atoms with E-state index < -0.39 is 17.5 Å². The number of carbonyl (C=O) groups is 3. The molecule has 3 rings (SSSR count). The molecule has 23 heavy (non-hydrogen) atoms. The van der Waals surface area contributed by atoms with E-state index in [-0.39, 0.29) is 18.2 Å². The van der Waals surface area contributed by atoms with Crippen molar-refractivity contribution < 1.29 is 23.5 Å². The second-order valence-corrected chi connectivity index (χ2v) is 6.14. The lowest BCUT2D eigenvalue weighted by atomic mass is 10.0. The van der Waals surface area contributed by atoms with Crippen LogP contribution in [0.3, 0.4) is 0 Å². The van der Waals surface area contributed by atoms with Crippen molar-refractivity contribution in [3.63, 3.8) is 0 Å². The summed E-state index contributed by atoms with van der Waals surface area (Å²) in [5.74, 6) is -1.04. The van der Waals surface area contributed by atoms with Gasteiger partial charge in [-0.1, -0.05) is 6.07 Å². The van der Waals surface area contributed by atoms with Gasteiger partial charge in [0.25, 0.3) is 5.91 Å². The molecule has 8 heteroatoms. The molecule has 0 bridgehead atoms. The summed E-state index contributed by atoms with van der Waals surface area (Å²) in [5, 5.41) is 4.55. The molecule has 0 radical (unpaired) electrons. The van der Waals surface area contributed by atoms with Gasteiger partial charge >= 0.3 is 12.0 Å². The van der Waals surface area contributed by atoms with Crippen molar-refractivity contribution in [1.82, 2.24) is 10.2 Å². The smallest absolute Gasteiger partial charge is 0.374 e. The normalized spacial score (nSPS) is 20.7. The van der Waals surface area contributed by atoms with E-state index in [2.05, 4.69) is 10.1 Å². The molecule has 1 aliphatic heterocycles. The van der Waals surface area contributed by atoms with Gasteiger partial charge in [0.1, 0.15) is 0 Å². The number of amides is 3. The van der Waals surface area contributed by atoms with Crippen LogP contribution in [0.25, 0.3) is 0 Å². The van der Waals surface area contributed by atoms with Gasteiger partial charge in [-0.2, -0.15) is 0 Å². The number of urea groups is 1. The number of hydrogen-bond donors (Lipinski definition) is 1. The number of furan rings is 1. The average Bonchev–Trinajstić information content (AvgIpc) is 3.25. The van der Waals surface area contributed by atoms with Crippen molar-refractivity contribution in [3.8, 4) is 0 Å². The minimum atomic E-state index is -1.10. The van der Waals surface area contributed by atoms with Crippen molar-refractivity contribution in [2.45, 2.75) is 19.0 Å². The highest BCUT2D eigenvalue weighted by atomic mass is 32.1. The number of imide groups is 1. The van der Waals surface area contributed by atoms with E-state index in [4.69, 9.17) is 4.42 Å². The Morgan fingerprint density at radius 2 is 2.22 bits per heavy atom. The van der Waals surface area contributed by atoms with Gasteiger partial charge in [-0.15, -0.1) is 11.3 Å². The Bertz CT molecular complexity index is 767. The Morgan fingerprint density at radius 1 is 1.43 bits per heavy atom. The third-order valence-corrected chi connectivity index (χ3v) is 4.83. The maximum Gasteiger partial charge on any atom is 0.374 e. The van der Waals surface area contributed by atoms with Crippen molar-refractivity contribution in [2.75, 3.05) is 7.11 Å². The summed E-state index contributed by atoms with van der Waals surface area (Å²) in [6.45, 7) is 1.60. The Balaban J connectivity index is 1.88. The van der Waals surface area contributed by atoms with Crippen LogP contribution in [0.15, 0.2) is 34.3 Å². The SMILES string of the molecule is COC(=O)c1occc1CN1C(=O)NC(C)(c2cccs2)C1=O. The Labute approximate surface area is 135 Å². The van der Waals surface area contributed by atoms with Crippen LogP contribution in [0.2, 0.25) is 0 Å². The number of rotatable bonds is 4. The van der Waals surface area contributed by atoms with E-state index in [9.17, 15) is 14.4 Å². The van der Waals surface area contributed by atoms with E-state index in [0.717, 1.165) is 9.78 Å². The molecule has 1 fully saturated rings. The molecular weight excluding hydrogens is 320 g/mol. The first-order valence-corrected chi connectivity index (χ1v) is 7.68. The maximum absolute atomic E-state index is 12.7. The second-order valence-electron chi connectivity index (χ2n) is 5.19. The predicted octanol–water partition coefficient (Wildman–Crippen LogP) is 2.09. The summed E-state index contributed by atoms with van der Waals surface area (Å²) < 4.78 is 9.70. The number of nitrogens with one attached hydrogen (secondary N) is 1. The van der Waals surface area contributed by atoms with Gasteiger partial charge in [-0.3, -0.25) is 9.69 Å². The first kappa shape index (κ1) is 15.3. The summed E-state index contributed by atoms with van der Waals surface area (Å²) >= 11 is 1.39. The van der Waals surface area contributed by atoms with Crippen molar-refractivity contribution in [1.29, 1.82) is 0 Å². The van der Waals surface area contributed by atoms with Gasteiger partial charge in [0, 0.05) is 10.4 Å². The van der Waals surface area contributed by atoms with E-state index in [1.165, 1.54) is 30.8 Å². The Kier molecular flexibility index (Phi) is 3.69. The van der Waals surface area contributed by atoms with E-state index in [1.807, 2.05) is 11.4 Å². The second kappa shape index (κ2) is 5.54. The molecule has 1 saturated heterocycles. The predicted molar refractivity (Wildman–Crippen MR) is 80.8 cm³/mol. The fraction of sp³-hybridized carbons (Fsp3) is 0.267. The zero-order chi connectivity index (χ0) is 16.6. The lowest BCUT2D eigenvalue weighted by Crippen LogP contribution is -2.40. The van der Waals surface area contributed by atoms with Crippen LogP contribution in [0, 0.1) is 0 Å².